The summed E-state index contributed by atoms with van der Waals surface area (Å²) in [7, 11) is 1.73. The Bertz CT molecular complexity index is 507. The van der Waals surface area contributed by atoms with Gasteiger partial charge in [-0.2, -0.15) is 0 Å². The van der Waals surface area contributed by atoms with Crippen molar-refractivity contribution in [3.63, 3.8) is 0 Å². The maximum absolute atomic E-state index is 6.35. The first-order chi connectivity index (χ1) is 8.77. The average molecular weight is 244 g/mol. The predicted octanol–water partition coefficient (Wildman–Crippen LogP) is 3.05. The molecule has 1 heterocycles. The SMILES string of the molecule is CCCC(OC)C(N)c1cccc2ncccc12. The smallest absolute Gasteiger partial charge is 0.0764 e. The van der Waals surface area contributed by atoms with Gasteiger partial charge in [-0.3, -0.25) is 4.98 Å². The molecule has 3 heteroatoms. The maximum Gasteiger partial charge on any atom is 0.0764 e. The lowest BCUT2D eigenvalue weighted by Crippen LogP contribution is -2.28. The van der Waals surface area contributed by atoms with Gasteiger partial charge in [0.1, 0.15) is 0 Å². The summed E-state index contributed by atoms with van der Waals surface area (Å²) in [5.41, 5.74) is 8.44. The minimum absolute atomic E-state index is 0.0563. The van der Waals surface area contributed by atoms with E-state index in [1.165, 1.54) is 0 Å². The fraction of sp³-hybridized carbons (Fsp3) is 0.400. The zero-order chi connectivity index (χ0) is 13.0. The minimum atomic E-state index is -0.108. The number of ether oxygens (including phenoxy) is 1. The van der Waals surface area contributed by atoms with Crippen LogP contribution in [0.25, 0.3) is 10.9 Å². The quantitative estimate of drug-likeness (QED) is 0.879. The van der Waals surface area contributed by atoms with Gasteiger partial charge in [-0.05, 0) is 24.1 Å². The van der Waals surface area contributed by atoms with Crippen LogP contribution in [0.15, 0.2) is 36.5 Å². The summed E-state index contributed by atoms with van der Waals surface area (Å²) < 4.78 is 5.51. The summed E-state index contributed by atoms with van der Waals surface area (Å²) >= 11 is 0. The number of pyridine rings is 1. The van der Waals surface area contributed by atoms with E-state index in [0.29, 0.717) is 0 Å². The molecular formula is C15H20N2O. The van der Waals surface area contributed by atoms with Crippen molar-refractivity contribution >= 4 is 10.9 Å². The third-order valence-corrected chi connectivity index (χ3v) is 3.32. The van der Waals surface area contributed by atoms with Crippen LogP contribution in [0.5, 0.6) is 0 Å². The van der Waals surface area contributed by atoms with Crippen LogP contribution in [0.2, 0.25) is 0 Å². The van der Waals surface area contributed by atoms with Crippen molar-refractivity contribution in [1.82, 2.24) is 4.98 Å². The summed E-state index contributed by atoms with van der Waals surface area (Å²) in [5.74, 6) is 0. The molecule has 1 aromatic heterocycles. The molecule has 0 radical (unpaired) electrons. The second-order valence-corrected chi connectivity index (χ2v) is 4.51. The van der Waals surface area contributed by atoms with Crippen LogP contribution < -0.4 is 5.73 Å². The Hall–Kier alpha value is -1.45. The molecule has 2 atom stereocenters. The number of rotatable bonds is 5. The van der Waals surface area contributed by atoms with Gasteiger partial charge in [-0.25, -0.2) is 0 Å². The summed E-state index contributed by atoms with van der Waals surface area (Å²) in [6, 6.07) is 9.98. The lowest BCUT2D eigenvalue weighted by molar-refractivity contribution is 0.0729. The highest BCUT2D eigenvalue weighted by Crippen LogP contribution is 2.26. The number of hydrogen-bond donors (Lipinski definition) is 1. The molecule has 18 heavy (non-hydrogen) atoms. The average Bonchev–Trinajstić information content (AvgIpc) is 2.43. The largest absolute Gasteiger partial charge is 0.379 e. The molecule has 0 aliphatic carbocycles. The summed E-state index contributed by atoms with van der Waals surface area (Å²) in [6.07, 6.45) is 3.89. The maximum atomic E-state index is 6.35. The lowest BCUT2D eigenvalue weighted by atomic mass is 9.95. The number of methoxy groups -OCH3 is 1. The molecule has 2 aromatic rings. The molecular weight excluding hydrogens is 224 g/mol. The Morgan fingerprint density at radius 1 is 1.28 bits per heavy atom. The number of aromatic nitrogens is 1. The standard InChI is InChI=1S/C15H20N2O/c1-3-6-14(18-2)15(16)12-7-4-9-13-11(12)8-5-10-17-13/h4-5,7-10,14-15H,3,6,16H2,1-2H3. The van der Waals surface area contributed by atoms with Crippen LogP contribution in [-0.2, 0) is 4.74 Å². The first-order valence-electron chi connectivity index (χ1n) is 6.40. The zero-order valence-electron chi connectivity index (χ0n) is 11.0. The van der Waals surface area contributed by atoms with E-state index in [4.69, 9.17) is 10.5 Å². The highest BCUT2D eigenvalue weighted by atomic mass is 16.5. The highest BCUT2D eigenvalue weighted by Gasteiger charge is 2.20. The third-order valence-electron chi connectivity index (χ3n) is 3.32. The van der Waals surface area contributed by atoms with Crippen molar-refractivity contribution in [3.8, 4) is 0 Å². The number of nitrogens with two attached hydrogens (primary N) is 1. The Labute approximate surface area is 108 Å². The monoisotopic (exact) mass is 244 g/mol. The second kappa shape index (κ2) is 5.94. The van der Waals surface area contributed by atoms with E-state index in [2.05, 4.69) is 24.0 Å². The molecule has 2 rings (SSSR count). The van der Waals surface area contributed by atoms with E-state index in [-0.39, 0.29) is 12.1 Å². The molecule has 2 unspecified atom stereocenters. The molecule has 0 saturated heterocycles. The highest BCUT2D eigenvalue weighted by molar-refractivity contribution is 5.82. The summed E-state index contributed by atoms with van der Waals surface area (Å²) in [6.45, 7) is 2.14. The summed E-state index contributed by atoms with van der Waals surface area (Å²) in [4.78, 5) is 4.36. The fourth-order valence-electron chi connectivity index (χ4n) is 2.35. The van der Waals surface area contributed by atoms with E-state index < -0.39 is 0 Å². The van der Waals surface area contributed by atoms with Crippen LogP contribution in [0.4, 0.5) is 0 Å². The van der Waals surface area contributed by atoms with Crippen LogP contribution in [0.3, 0.4) is 0 Å². The van der Waals surface area contributed by atoms with Crippen molar-refractivity contribution in [3.05, 3.63) is 42.1 Å². The predicted molar refractivity (Wildman–Crippen MR) is 74.4 cm³/mol. The molecule has 0 saturated carbocycles. The lowest BCUT2D eigenvalue weighted by Gasteiger charge is -2.23. The molecule has 1 aromatic carbocycles. The van der Waals surface area contributed by atoms with E-state index in [9.17, 15) is 0 Å². The molecule has 0 aliphatic rings. The van der Waals surface area contributed by atoms with Crippen molar-refractivity contribution in [1.29, 1.82) is 0 Å². The van der Waals surface area contributed by atoms with Crippen LogP contribution >= 0.6 is 0 Å². The second-order valence-electron chi connectivity index (χ2n) is 4.51. The van der Waals surface area contributed by atoms with Gasteiger partial charge in [-0.15, -0.1) is 0 Å². The van der Waals surface area contributed by atoms with Gasteiger partial charge >= 0.3 is 0 Å². The van der Waals surface area contributed by atoms with Crippen LogP contribution in [-0.4, -0.2) is 18.2 Å². The van der Waals surface area contributed by atoms with E-state index >= 15 is 0 Å². The Kier molecular flexibility index (Phi) is 4.28. The topological polar surface area (TPSA) is 48.1 Å². The first kappa shape index (κ1) is 13.0. The molecule has 3 nitrogen and oxygen atoms in total. The molecule has 0 fully saturated rings. The van der Waals surface area contributed by atoms with Crippen molar-refractivity contribution < 1.29 is 4.74 Å². The molecule has 0 bridgehead atoms. The Morgan fingerprint density at radius 2 is 2.11 bits per heavy atom. The molecule has 0 amide bonds. The van der Waals surface area contributed by atoms with Gasteiger partial charge in [0.05, 0.1) is 17.7 Å². The minimum Gasteiger partial charge on any atom is -0.379 e. The van der Waals surface area contributed by atoms with Gasteiger partial charge in [0.15, 0.2) is 0 Å². The molecule has 2 N–H and O–H groups in total. The van der Waals surface area contributed by atoms with Gasteiger partial charge in [0.2, 0.25) is 0 Å². The van der Waals surface area contributed by atoms with Crippen molar-refractivity contribution in [2.45, 2.75) is 31.9 Å². The van der Waals surface area contributed by atoms with E-state index in [0.717, 1.165) is 29.3 Å². The number of hydrogen-bond acceptors (Lipinski definition) is 3. The van der Waals surface area contributed by atoms with Crippen LogP contribution in [0.1, 0.15) is 31.4 Å². The summed E-state index contributed by atoms with van der Waals surface area (Å²) in [5, 5.41) is 1.12. The van der Waals surface area contributed by atoms with Gasteiger partial charge < -0.3 is 10.5 Å². The Morgan fingerprint density at radius 3 is 2.83 bits per heavy atom. The van der Waals surface area contributed by atoms with Gasteiger partial charge in [0, 0.05) is 18.7 Å². The molecule has 0 aliphatic heterocycles. The van der Waals surface area contributed by atoms with Gasteiger partial charge in [-0.1, -0.05) is 31.5 Å². The first-order valence-corrected chi connectivity index (χ1v) is 6.40. The molecule has 0 spiro atoms. The normalized spacial score (nSPS) is 14.6. The van der Waals surface area contributed by atoms with Crippen molar-refractivity contribution in [2.24, 2.45) is 5.73 Å². The van der Waals surface area contributed by atoms with Gasteiger partial charge in [0.25, 0.3) is 0 Å². The number of fused-ring (bicyclic) bond motifs is 1. The van der Waals surface area contributed by atoms with Crippen LogP contribution in [0, 0.1) is 0 Å². The number of benzene rings is 1. The van der Waals surface area contributed by atoms with Crippen molar-refractivity contribution in [2.75, 3.05) is 7.11 Å². The number of nitrogens with zero attached hydrogens (tertiary/aromatic N) is 1. The zero-order valence-corrected chi connectivity index (χ0v) is 11.0. The third kappa shape index (κ3) is 2.52. The molecule has 96 valence electrons. The fourth-order valence-corrected chi connectivity index (χ4v) is 2.35. The van der Waals surface area contributed by atoms with E-state index in [1.54, 1.807) is 13.3 Å². The Balaban J connectivity index is 2.40. The van der Waals surface area contributed by atoms with E-state index in [1.807, 2.05) is 18.2 Å².